The van der Waals surface area contributed by atoms with Gasteiger partial charge in [0.25, 0.3) is 5.91 Å². The number of ether oxygens (including phenoxy) is 3. The number of rotatable bonds is 7. The van der Waals surface area contributed by atoms with Gasteiger partial charge in [0.15, 0.2) is 11.5 Å². The predicted octanol–water partition coefficient (Wildman–Crippen LogP) is 4.13. The maximum atomic E-state index is 13.9. The minimum atomic E-state index is 0.101. The molecule has 0 unspecified atom stereocenters. The molecule has 1 heterocycles. The summed E-state index contributed by atoms with van der Waals surface area (Å²) in [6.45, 7) is 3.56. The lowest BCUT2D eigenvalue weighted by Crippen LogP contribution is -2.41. The lowest BCUT2D eigenvalue weighted by atomic mass is 10.1. The van der Waals surface area contributed by atoms with Crippen LogP contribution in [0.2, 0.25) is 0 Å². The monoisotopic (exact) mass is 424 g/mol. The van der Waals surface area contributed by atoms with Gasteiger partial charge in [0.05, 0.1) is 33.0 Å². The number of carbonyl (C=O) groups is 1. The van der Waals surface area contributed by atoms with E-state index in [9.17, 15) is 4.79 Å². The fraction of sp³-hybridized carbons (Fsp3) is 0.480. The smallest absolute Gasteiger partial charge is 0.256 e. The lowest BCUT2D eigenvalue weighted by molar-refractivity contribution is 0.0664. The van der Waals surface area contributed by atoms with E-state index >= 15 is 0 Å². The Morgan fingerprint density at radius 1 is 1.03 bits per heavy atom. The van der Waals surface area contributed by atoms with Crippen molar-refractivity contribution in [2.24, 2.45) is 0 Å². The molecule has 166 valence electrons. The summed E-state index contributed by atoms with van der Waals surface area (Å²) in [5.74, 6) is 1.49. The van der Waals surface area contributed by atoms with E-state index in [1.54, 1.807) is 14.2 Å². The van der Waals surface area contributed by atoms with Crippen LogP contribution in [0, 0.1) is 0 Å². The van der Waals surface area contributed by atoms with Gasteiger partial charge >= 0.3 is 0 Å². The van der Waals surface area contributed by atoms with Crippen LogP contribution in [0.5, 0.6) is 11.5 Å². The van der Waals surface area contributed by atoms with Crippen molar-refractivity contribution in [3.63, 3.8) is 0 Å². The molecule has 1 saturated heterocycles. The van der Waals surface area contributed by atoms with E-state index in [1.165, 1.54) is 12.8 Å². The topological polar surface area (TPSA) is 51.2 Å². The fourth-order valence-corrected chi connectivity index (χ4v) is 4.65. The van der Waals surface area contributed by atoms with E-state index in [2.05, 4.69) is 15.9 Å². The second kappa shape index (κ2) is 10.1. The van der Waals surface area contributed by atoms with Crippen molar-refractivity contribution in [1.29, 1.82) is 0 Å². The average molecular weight is 425 g/mol. The first-order valence-corrected chi connectivity index (χ1v) is 11.1. The molecule has 0 atom stereocenters. The minimum absolute atomic E-state index is 0.101. The Balaban J connectivity index is 1.64. The van der Waals surface area contributed by atoms with Crippen LogP contribution in [-0.2, 0) is 11.3 Å². The molecule has 2 aromatic carbocycles. The number of carbonyl (C=O) groups excluding carboxylic acids is 1. The molecule has 0 spiro atoms. The number of morpholine rings is 1. The second-order valence-electron chi connectivity index (χ2n) is 8.18. The van der Waals surface area contributed by atoms with E-state index in [1.807, 2.05) is 36.4 Å². The third-order valence-corrected chi connectivity index (χ3v) is 6.31. The van der Waals surface area contributed by atoms with Crippen molar-refractivity contribution in [3.05, 3.63) is 53.6 Å². The number of hydrogen-bond acceptors (Lipinski definition) is 5. The fourth-order valence-electron chi connectivity index (χ4n) is 4.65. The molecular formula is C25H32N2O4. The normalized spacial score (nSPS) is 16.9. The number of nitrogens with zero attached hydrogens (tertiary/aromatic N) is 2. The van der Waals surface area contributed by atoms with Crippen molar-refractivity contribution < 1.29 is 19.0 Å². The molecule has 1 aliphatic carbocycles. The standard InChI is InChI=1S/C25H32N2O4/c1-29-23-12-11-19(17-24(23)30-2)18-27(20-7-3-4-8-20)25(28)21-9-5-6-10-22(21)26-13-15-31-16-14-26/h5-6,9-12,17,20H,3-4,7-8,13-16,18H2,1-2H3. The first kappa shape index (κ1) is 21.5. The molecular weight excluding hydrogens is 392 g/mol. The van der Waals surface area contributed by atoms with Gasteiger partial charge in [0.1, 0.15) is 0 Å². The molecule has 0 radical (unpaired) electrons. The Hall–Kier alpha value is -2.73. The summed E-state index contributed by atoms with van der Waals surface area (Å²) in [5.41, 5.74) is 2.82. The van der Waals surface area contributed by atoms with E-state index in [-0.39, 0.29) is 11.9 Å². The SMILES string of the molecule is COc1ccc(CN(C(=O)c2ccccc2N2CCOCC2)C2CCCC2)cc1OC. The molecule has 6 heteroatoms. The summed E-state index contributed by atoms with van der Waals surface area (Å²) in [5, 5.41) is 0. The highest BCUT2D eigenvalue weighted by Crippen LogP contribution is 2.32. The quantitative estimate of drug-likeness (QED) is 0.669. The Kier molecular flexibility index (Phi) is 6.97. The number of amides is 1. The molecule has 4 rings (SSSR count). The van der Waals surface area contributed by atoms with E-state index in [4.69, 9.17) is 14.2 Å². The van der Waals surface area contributed by atoms with Crippen molar-refractivity contribution >= 4 is 11.6 Å². The molecule has 31 heavy (non-hydrogen) atoms. The zero-order chi connectivity index (χ0) is 21.6. The van der Waals surface area contributed by atoms with Crippen LogP contribution >= 0.6 is 0 Å². The number of methoxy groups -OCH3 is 2. The van der Waals surface area contributed by atoms with Gasteiger partial charge in [-0.15, -0.1) is 0 Å². The van der Waals surface area contributed by atoms with Crippen LogP contribution in [0.25, 0.3) is 0 Å². The number of para-hydroxylation sites is 1. The Labute approximate surface area is 184 Å². The summed E-state index contributed by atoms with van der Waals surface area (Å²) in [6.07, 6.45) is 4.45. The van der Waals surface area contributed by atoms with Gasteiger partial charge in [-0.1, -0.05) is 31.0 Å². The summed E-state index contributed by atoms with van der Waals surface area (Å²) < 4.78 is 16.4. The van der Waals surface area contributed by atoms with Gasteiger partial charge in [-0.25, -0.2) is 0 Å². The summed E-state index contributed by atoms with van der Waals surface area (Å²) >= 11 is 0. The second-order valence-corrected chi connectivity index (χ2v) is 8.18. The molecule has 2 aliphatic rings. The summed E-state index contributed by atoms with van der Waals surface area (Å²) in [6, 6.07) is 14.2. The molecule has 0 bridgehead atoms. The molecule has 2 aromatic rings. The molecule has 1 amide bonds. The first-order chi connectivity index (χ1) is 15.2. The van der Waals surface area contributed by atoms with Crippen LogP contribution in [-0.4, -0.2) is 57.4 Å². The molecule has 1 saturated carbocycles. The molecule has 1 aliphatic heterocycles. The van der Waals surface area contributed by atoms with Gasteiger partial charge in [-0.3, -0.25) is 4.79 Å². The van der Waals surface area contributed by atoms with Crippen molar-refractivity contribution in [1.82, 2.24) is 4.90 Å². The van der Waals surface area contributed by atoms with E-state index in [0.29, 0.717) is 31.3 Å². The van der Waals surface area contributed by atoms with Gasteiger partial charge in [-0.05, 0) is 42.7 Å². The summed E-state index contributed by atoms with van der Waals surface area (Å²) in [4.78, 5) is 18.2. The van der Waals surface area contributed by atoms with Gasteiger partial charge in [-0.2, -0.15) is 0 Å². The van der Waals surface area contributed by atoms with Crippen LogP contribution in [0.15, 0.2) is 42.5 Å². The lowest BCUT2D eigenvalue weighted by Gasteiger charge is -2.33. The van der Waals surface area contributed by atoms with Crippen LogP contribution < -0.4 is 14.4 Å². The first-order valence-electron chi connectivity index (χ1n) is 11.1. The van der Waals surface area contributed by atoms with Crippen molar-refractivity contribution in [2.45, 2.75) is 38.3 Å². The zero-order valence-corrected chi connectivity index (χ0v) is 18.5. The maximum Gasteiger partial charge on any atom is 0.256 e. The van der Waals surface area contributed by atoms with E-state index < -0.39 is 0 Å². The van der Waals surface area contributed by atoms with Crippen molar-refractivity contribution in [2.75, 3.05) is 45.4 Å². The van der Waals surface area contributed by atoms with Gasteiger partial charge in [0, 0.05) is 31.4 Å². The third kappa shape index (κ3) is 4.79. The Morgan fingerprint density at radius 3 is 2.45 bits per heavy atom. The van der Waals surface area contributed by atoms with Crippen LogP contribution in [0.4, 0.5) is 5.69 Å². The highest BCUT2D eigenvalue weighted by Gasteiger charge is 2.30. The highest BCUT2D eigenvalue weighted by molar-refractivity contribution is 6.00. The highest BCUT2D eigenvalue weighted by atomic mass is 16.5. The number of hydrogen-bond donors (Lipinski definition) is 0. The molecule has 2 fully saturated rings. The predicted molar refractivity (Wildman–Crippen MR) is 121 cm³/mol. The van der Waals surface area contributed by atoms with E-state index in [0.717, 1.165) is 42.7 Å². The van der Waals surface area contributed by atoms with Crippen molar-refractivity contribution in [3.8, 4) is 11.5 Å². The Morgan fingerprint density at radius 2 is 1.74 bits per heavy atom. The Bertz CT molecular complexity index is 889. The molecule has 0 aromatic heterocycles. The van der Waals surface area contributed by atoms with Crippen LogP contribution in [0.3, 0.4) is 0 Å². The maximum absolute atomic E-state index is 13.9. The third-order valence-electron chi connectivity index (χ3n) is 6.31. The largest absolute Gasteiger partial charge is 0.493 e. The minimum Gasteiger partial charge on any atom is -0.493 e. The van der Waals surface area contributed by atoms with Gasteiger partial charge in [0.2, 0.25) is 0 Å². The average Bonchev–Trinajstić information content (AvgIpc) is 3.37. The summed E-state index contributed by atoms with van der Waals surface area (Å²) in [7, 11) is 3.27. The molecule has 6 nitrogen and oxygen atoms in total. The zero-order valence-electron chi connectivity index (χ0n) is 18.5. The van der Waals surface area contributed by atoms with Gasteiger partial charge < -0.3 is 24.0 Å². The van der Waals surface area contributed by atoms with Crippen LogP contribution in [0.1, 0.15) is 41.6 Å². The molecule has 0 N–H and O–H groups in total. The number of benzene rings is 2. The number of anilines is 1.